The molecule has 0 heterocycles. The fourth-order valence-electron chi connectivity index (χ4n) is 4.09. The molecule has 1 amide bonds. The lowest BCUT2D eigenvalue weighted by Gasteiger charge is -2.32. The summed E-state index contributed by atoms with van der Waals surface area (Å²) >= 11 is 5.94. The normalized spacial score (nSPS) is 12.0. The SMILES string of the molecule is C[C@H](c1ccccc1COC(=O)NCc1ccccc1)N(c1cc(F)ccc1F)S(=O)(=O)c1ccc(Cl)cc1. The summed E-state index contributed by atoms with van der Waals surface area (Å²) in [5.74, 6) is -1.73. The van der Waals surface area contributed by atoms with Crippen molar-refractivity contribution in [2.24, 2.45) is 0 Å². The molecule has 4 aromatic rings. The van der Waals surface area contributed by atoms with Crippen LogP contribution >= 0.6 is 11.6 Å². The van der Waals surface area contributed by atoms with E-state index in [4.69, 9.17) is 16.3 Å². The van der Waals surface area contributed by atoms with Crippen molar-refractivity contribution in [3.8, 4) is 0 Å². The third-order valence-electron chi connectivity index (χ3n) is 6.01. The van der Waals surface area contributed by atoms with Crippen LogP contribution in [0.4, 0.5) is 19.3 Å². The van der Waals surface area contributed by atoms with Gasteiger partial charge in [-0.2, -0.15) is 0 Å². The second-order valence-electron chi connectivity index (χ2n) is 8.64. The Hall–Kier alpha value is -3.95. The van der Waals surface area contributed by atoms with Gasteiger partial charge in [-0.05, 0) is 60.0 Å². The number of sulfonamides is 1. The molecule has 0 unspecified atom stereocenters. The summed E-state index contributed by atoms with van der Waals surface area (Å²) in [7, 11) is -4.40. The Morgan fingerprint density at radius 2 is 1.62 bits per heavy atom. The van der Waals surface area contributed by atoms with Crippen LogP contribution in [-0.4, -0.2) is 14.5 Å². The van der Waals surface area contributed by atoms with E-state index in [-0.39, 0.29) is 18.0 Å². The number of nitrogens with zero attached hydrogens (tertiary/aromatic N) is 1. The molecule has 6 nitrogen and oxygen atoms in total. The maximum atomic E-state index is 15.0. The maximum absolute atomic E-state index is 15.0. The second-order valence-corrected chi connectivity index (χ2v) is 10.9. The molecule has 0 aromatic heterocycles. The predicted molar refractivity (Wildman–Crippen MR) is 146 cm³/mol. The summed E-state index contributed by atoms with van der Waals surface area (Å²) in [4.78, 5) is 12.2. The fraction of sp³-hybridized carbons (Fsp3) is 0.138. The summed E-state index contributed by atoms with van der Waals surface area (Å²) in [5, 5.41) is 2.98. The van der Waals surface area contributed by atoms with E-state index < -0.39 is 39.5 Å². The Bertz CT molecular complexity index is 1550. The maximum Gasteiger partial charge on any atom is 0.407 e. The highest BCUT2D eigenvalue weighted by Gasteiger charge is 2.33. The lowest BCUT2D eigenvalue weighted by atomic mass is 10.0. The highest BCUT2D eigenvalue weighted by Crippen LogP contribution is 2.36. The Labute approximate surface area is 230 Å². The Morgan fingerprint density at radius 3 is 2.33 bits per heavy atom. The summed E-state index contributed by atoms with van der Waals surface area (Å²) in [5.41, 5.74) is 1.36. The zero-order valence-electron chi connectivity index (χ0n) is 20.9. The van der Waals surface area contributed by atoms with Gasteiger partial charge in [0.25, 0.3) is 10.0 Å². The van der Waals surface area contributed by atoms with Crippen molar-refractivity contribution in [3.05, 3.63) is 130 Å². The summed E-state index contributed by atoms with van der Waals surface area (Å²) in [6.45, 7) is 1.64. The first-order chi connectivity index (χ1) is 18.7. The molecule has 1 N–H and O–H groups in total. The van der Waals surface area contributed by atoms with Gasteiger partial charge in [-0.25, -0.2) is 22.0 Å². The molecule has 4 aromatic carbocycles. The second kappa shape index (κ2) is 12.3. The smallest absolute Gasteiger partial charge is 0.407 e. The lowest BCUT2D eigenvalue weighted by Crippen LogP contribution is -2.35. The van der Waals surface area contributed by atoms with E-state index in [9.17, 15) is 17.6 Å². The molecule has 0 radical (unpaired) electrons. The number of halogens is 3. The average molecular weight is 571 g/mol. The molecule has 39 heavy (non-hydrogen) atoms. The van der Waals surface area contributed by atoms with Crippen molar-refractivity contribution in [1.29, 1.82) is 0 Å². The highest BCUT2D eigenvalue weighted by atomic mass is 35.5. The molecule has 0 saturated carbocycles. The molecular weight excluding hydrogens is 546 g/mol. The number of hydrogen-bond acceptors (Lipinski definition) is 4. The fourth-order valence-corrected chi connectivity index (χ4v) is 5.85. The largest absolute Gasteiger partial charge is 0.445 e. The van der Waals surface area contributed by atoms with Crippen molar-refractivity contribution < 1.29 is 26.7 Å². The number of anilines is 1. The van der Waals surface area contributed by atoms with Gasteiger partial charge in [-0.1, -0.05) is 66.2 Å². The van der Waals surface area contributed by atoms with Crippen molar-refractivity contribution in [3.63, 3.8) is 0 Å². The monoisotopic (exact) mass is 570 g/mol. The molecule has 0 aliphatic heterocycles. The van der Waals surface area contributed by atoms with Crippen LogP contribution in [0.25, 0.3) is 0 Å². The van der Waals surface area contributed by atoms with E-state index in [1.807, 2.05) is 30.3 Å². The lowest BCUT2D eigenvalue weighted by molar-refractivity contribution is 0.138. The zero-order valence-corrected chi connectivity index (χ0v) is 22.4. The van der Waals surface area contributed by atoms with Crippen molar-refractivity contribution in [2.45, 2.75) is 31.0 Å². The quantitative estimate of drug-likeness (QED) is 0.235. The molecule has 0 spiro atoms. The van der Waals surface area contributed by atoms with Crippen molar-refractivity contribution in [2.75, 3.05) is 4.31 Å². The topological polar surface area (TPSA) is 75.7 Å². The minimum atomic E-state index is -4.40. The molecule has 1 atom stereocenters. The van der Waals surface area contributed by atoms with E-state index >= 15 is 4.39 Å². The van der Waals surface area contributed by atoms with Gasteiger partial charge in [0.2, 0.25) is 0 Å². The van der Waals surface area contributed by atoms with Gasteiger partial charge in [-0.15, -0.1) is 0 Å². The van der Waals surface area contributed by atoms with Crippen LogP contribution in [-0.2, 0) is 27.9 Å². The molecular formula is C29H25ClF2N2O4S. The third-order valence-corrected chi connectivity index (χ3v) is 8.16. The highest BCUT2D eigenvalue weighted by molar-refractivity contribution is 7.92. The standard InChI is InChI=1S/C29H25ClF2N2O4S/c1-20(26-10-6-5-9-22(26)19-38-29(35)33-18-21-7-3-2-4-8-21)34(28-17-24(31)13-16-27(28)32)39(36,37)25-14-11-23(30)12-15-25/h2-17,20H,18-19H2,1H3,(H,33,35)/t20-/m1/s1. The first-order valence-corrected chi connectivity index (χ1v) is 13.8. The van der Waals surface area contributed by atoms with E-state index in [0.29, 0.717) is 16.1 Å². The molecule has 10 heteroatoms. The van der Waals surface area contributed by atoms with E-state index in [1.165, 1.54) is 24.3 Å². The van der Waals surface area contributed by atoms with Crippen LogP contribution in [0.5, 0.6) is 0 Å². The molecule has 202 valence electrons. The Morgan fingerprint density at radius 1 is 0.949 bits per heavy atom. The number of hydrogen-bond donors (Lipinski definition) is 1. The van der Waals surface area contributed by atoms with Crippen molar-refractivity contribution in [1.82, 2.24) is 5.32 Å². The summed E-state index contributed by atoms with van der Waals surface area (Å²) in [6.07, 6.45) is -0.664. The van der Waals surface area contributed by atoms with Crippen LogP contribution in [0, 0.1) is 11.6 Å². The first-order valence-electron chi connectivity index (χ1n) is 11.9. The molecule has 0 fully saturated rings. The number of ether oxygens (including phenoxy) is 1. The van der Waals surface area contributed by atoms with Gasteiger partial charge in [0, 0.05) is 17.6 Å². The van der Waals surface area contributed by atoms with Crippen LogP contribution < -0.4 is 9.62 Å². The predicted octanol–water partition coefficient (Wildman–Crippen LogP) is 7.00. The van der Waals surface area contributed by atoms with Crippen LogP contribution in [0.3, 0.4) is 0 Å². The number of carbonyl (C=O) groups excluding carboxylic acids is 1. The van der Waals surface area contributed by atoms with Crippen LogP contribution in [0.15, 0.2) is 102 Å². The Kier molecular flexibility index (Phi) is 8.83. The Balaban J connectivity index is 1.65. The average Bonchev–Trinajstić information content (AvgIpc) is 2.93. The van der Waals surface area contributed by atoms with Gasteiger partial charge < -0.3 is 10.1 Å². The molecule has 0 bridgehead atoms. The minimum absolute atomic E-state index is 0.156. The first kappa shape index (κ1) is 28.1. The van der Waals surface area contributed by atoms with E-state index in [1.54, 1.807) is 31.2 Å². The zero-order chi connectivity index (χ0) is 28.0. The number of alkyl carbamates (subject to hydrolysis) is 1. The molecule has 0 saturated heterocycles. The number of nitrogens with one attached hydrogen (secondary N) is 1. The summed E-state index contributed by atoms with van der Waals surface area (Å²) < 4.78 is 63.1. The van der Waals surface area contributed by atoms with Crippen LogP contribution in [0.2, 0.25) is 5.02 Å². The summed E-state index contributed by atoms with van der Waals surface area (Å²) in [6, 6.07) is 23.0. The molecule has 0 aliphatic carbocycles. The minimum Gasteiger partial charge on any atom is -0.445 e. The van der Waals surface area contributed by atoms with Crippen molar-refractivity contribution >= 4 is 33.4 Å². The number of benzene rings is 4. The van der Waals surface area contributed by atoms with Gasteiger partial charge in [0.1, 0.15) is 18.2 Å². The number of rotatable bonds is 9. The van der Waals surface area contributed by atoms with Crippen LogP contribution in [0.1, 0.15) is 29.7 Å². The number of carbonyl (C=O) groups is 1. The van der Waals surface area contributed by atoms with Gasteiger partial charge in [0.05, 0.1) is 16.6 Å². The van der Waals surface area contributed by atoms with Gasteiger partial charge >= 0.3 is 6.09 Å². The third kappa shape index (κ3) is 6.74. The molecule has 0 aliphatic rings. The van der Waals surface area contributed by atoms with E-state index in [0.717, 1.165) is 28.1 Å². The molecule has 4 rings (SSSR count). The van der Waals surface area contributed by atoms with E-state index in [2.05, 4.69) is 5.32 Å². The number of amides is 1. The van der Waals surface area contributed by atoms with Gasteiger partial charge in [0.15, 0.2) is 0 Å². The van der Waals surface area contributed by atoms with Gasteiger partial charge in [-0.3, -0.25) is 4.31 Å².